The molecule has 10 nitrogen and oxygen atoms in total. The Balaban J connectivity index is 1.30. The molecule has 0 saturated heterocycles. The number of benzene rings is 6. The molecule has 0 aliphatic heterocycles. The summed E-state index contributed by atoms with van der Waals surface area (Å²) in [6, 6.07) is 17.5. The van der Waals surface area contributed by atoms with Gasteiger partial charge in [-0.25, -0.2) is 9.97 Å². The zero-order chi connectivity index (χ0) is 51.0. The summed E-state index contributed by atoms with van der Waals surface area (Å²) < 4.78 is 3.26. The van der Waals surface area contributed by atoms with Crippen molar-refractivity contribution < 1.29 is 0 Å². The molecule has 0 radical (unpaired) electrons. The molecule has 1 aliphatic carbocycles. The van der Waals surface area contributed by atoms with E-state index in [4.69, 9.17) is 9.97 Å². The van der Waals surface area contributed by atoms with Gasteiger partial charge in [-0.1, -0.05) is 180 Å². The summed E-state index contributed by atoms with van der Waals surface area (Å²) in [5.74, 6) is 1.58. The fourth-order valence-corrected chi connectivity index (χ4v) is 13.6. The number of pyridine rings is 2. The van der Waals surface area contributed by atoms with Crippen molar-refractivity contribution in [3.05, 3.63) is 102 Å². The minimum Gasteiger partial charge on any atom is -0.343 e. The van der Waals surface area contributed by atoms with Gasteiger partial charge in [0, 0.05) is 77.7 Å². The Bertz CT molecular complexity index is 3600. The topological polar surface area (TPSA) is 136 Å². The van der Waals surface area contributed by atoms with Crippen LogP contribution in [-0.2, 0) is 0 Å². The molecule has 11 rings (SSSR count). The van der Waals surface area contributed by atoms with Crippen LogP contribution in [0.5, 0.6) is 0 Å². The zero-order valence-electron chi connectivity index (χ0n) is 44.5. The van der Waals surface area contributed by atoms with Crippen LogP contribution in [0.2, 0.25) is 0 Å². The number of nitrogens with zero attached hydrogens (tertiary/aromatic N) is 4. The Morgan fingerprint density at radius 1 is 0.459 bits per heavy atom. The summed E-state index contributed by atoms with van der Waals surface area (Å²) in [7, 11) is 0. The van der Waals surface area contributed by atoms with Crippen molar-refractivity contribution >= 4 is 86.7 Å². The monoisotopic (exact) mass is 993 g/mol. The van der Waals surface area contributed by atoms with Crippen molar-refractivity contribution in [3.63, 3.8) is 0 Å². The van der Waals surface area contributed by atoms with Gasteiger partial charge in [0.15, 0.2) is 0 Å². The van der Waals surface area contributed by atoms with Crippen LogP contribution >= 0.6 is 0 Å². The molecule has 1 aliphatic rings. The van der Waals surface area contributed by atoms with E-state index in [2.05, 4.69) is 37.7 Å². The van der Waals surface area contributed by atoms with Crippen molar-refractivity contribution in [1.29, 1.82) is 0 Å². The first-order valence-electron chi connectivity index (χ1n) is 29.2. The SMILES string of the molecule is CCCCCCC(CCCCCC)n1c(=O)c2cc3nc(C4CCCCC4)[nH]c4cc5c(=O)n(C(CCCCCC)CCCCCC)c(=O)c6cc7nc(-c8ccccc8)[nH]c8cc(c1=O)c2c1c3c4c(c65)c7c81. The van der Waals surface area contributed by atoms with Gasteiger partial charge < -0.3 is 9.97 Å². The van der Waals surface area contributed by atoms with Gasteiger partial charge in [0.05, 0.1) is 32.6 Å². The third-order valence-electron chi connectivity index (χ3n) is 17.4. The third-order valence-corrected chi connectivity index (χ3v) is 17.4. The molecular formula is C64H76N6O4. The summed E-state index contributed by atoms with van der Waals surface area (Å²) >= 11 is 0. The molecule has 1 saturated carbocycles. The highest BCUT2D eigenvalue weighted by Gasteiger charge is 2.32. The number of H-pyrrole nitrogens is 2. The van der Waals surface area contributed by atoms with E-state index in [1.807, 2.05) is 54.6 Å². The Hall–Kier alpha value is -6.16. The molecule has 74 heavy (non-hydrogen) atoms. The van der Waals surface area contributed by atoms with Crippen LogP contribution in [0.1, 0.15) is 212 Å². The molecule has 10 aromatic rings. The molecule has 0 bridgehead atoms. The van der Waals surface area contributed by atoms with Gasteiger partial charge in [-0.05, 0) is 62.8 Å². The Kier molecular flexibility index (Phi) is 14.6. The minimum absolute atomic E-state index is 0.150. The van der Waals surface area contributed by atoms with Gasteiger partial charge in [-0.15, -0.1) is 0 Å². The van der Waals surface area contributed by atoms with Crippen LogP contribution in [0.15, 0.2) is 73.8 Å². The summed E-state index contributed by atoms with van der Waals surface area (Å²) in [4.78, 5) is 81.4. The van der Waals surface area contributed by atoms with Crippen LogP contribution < -0.4 is 22.2 Å². The molecular weight excluding hydrogens is 917 g/mol. The van der Waals surface area contributed by atoms with Crippen LogP contribution in [0.3, 0.4) is 0 Å². The number of aromatic amines is 2. The third kappa shape index (κ3) is 8.75. The van der Waals surface area contributed by atoms with Gasteiger partial charge in [0.1, 0.15) is 11.6 Å². The maximum atomic E-state index is 15.6. The predicted octanol–water partition coefficient (Wildman–Crippen LogP) is 16.4. The highest BCUT2D eigenvalue weighted by molar-refractivity contribution is 6.48. The van der Waals surface area contributed by atoms with Crippen LogP contribution in [0, 0.1) is 0 Å². The average Bonchev–Trinajstić information content (AvgIpc) is 3.70. The van der Waals surface area contributed by atoms with Crippen LogP contribution in [-0.4, -0.2) is 29.1 Å². The number of hydrogen-bond donors (Lipinski definition) is 2. The number of hydrogen-bond acceptors (Lipinski definition) is 6. The molecule has 0 unspecified atom stereocenters. The lowest BCUT2D eigenvalue weighted by molar-refractivity contribution is 0.384. The molecule has 4 heterocycles. The largest absolute Gasteiger partial charge is 0.343 e. The lowest BCUT2D eigenvalue weighted by atomic mass is 9.84. The first-order valence-corrected chi connectivity index (χ1v) is 29.2. The Morgan fingerprint density at radius 2 is 0.878 bits per heavy atom. The molecule has 6 aromatic carbocycles. The molecule has 0 atom stereocenters. The van der Waals surface area contributed by atoms with Crippen molar-refractivity contribution in [2.45, 2.75) is 206 Å². The van der Waals surface area contributed by atoms with E-state index in [1.54, 1.807) is 9.13 Å². The Morgan fingerprint density at radius 3 is 1.32 bits per heavy atom. The zero-order valence-corrected chi connectivity index (χ0v) is 44.5. The summed E-state index contributed by atoms with van der Waals surface area (Å²) in [6.07, 6.45) is 25.4. The van der Waals surface area contributed by atoms with Crippen molar-refractivity contribution in [2.75, 3.05) is 0 Å². The average molecular weight is 993 g/mol. The fourth-order valence-electron chi connectivity index (χ4n) is 13.6. The van der Waals surface area contributed by atoms with Crippen LogP contribution in [0.25, 0.3) is 98.1 Å². The predicted molar refractivity (Wildman–Crippen MR) is 310 cm³/mol. The first kappa shape index (κ1) is 50.0. The highest BCUT2D eigenvalue weighted by atomic mass is 16.2. The maximum Gasteiger partial charge on any atom is 0.261 e. The molecule has 4 aromatic heterocycles. The molecule has 0 amide bonds. The summed E-state index contributed by atoms with van der Waals surface area (Å²) in [5, 5.41) is 8.22. The van der Waals surface area contributed by atoms with E-state index < -0.39 is 0 Å². The molecule has 0 spiro atoms. The molecule has 2 N–H and O–H groups in total. The van der Waals surface area contributed by atoms with E-state index >= 15 is 19.2 Å². The minimum atomic E-state index is -0.262. The van der Waals surface area contributed by atoms with Crippen LogP contribution in [0.4, 0.5) is 0 Å². The van der Waals surface area contributed by atoms with Crippen molar-refractivity contribution in [2.24, 2.45) is 0 Å². The lowest BCUT2D eigenvalue weighted by Gasteiger charge is -2.23. The van der Waals surface area contributed by atoms with E-state index in [0.717, 1.165) is 203 Å². The quantitative estimate of drug-likeness (QED) is 0.0352. The molecule has 386 valence electrons. The van der Waals surface area contributed by atoms with Gasteiger partial charge in [0.25, 0.3) is 22.2 Å². The van der Waals surface area contributed by atoms with E-state index in [1.165, 1.54) is 6.42 Å². The lowest BCUT2D eigenvalue weighted by Crippen LogP contribution is -2.37. The number of aromatic nitrogens is 6. The smallest absolute Gasteiger partial charge is 0.261 e. The first-order chi connectivity index (χ1) is 36.3. The van der Waals surface area contributed by atoms with E-state index in [0.29, 0.717) is 54.7 Å². The molecule has 1 fully saturated rings. The van der Waals surface area contributed by atoms with E-state index in [-0.39, 0.29) is 40.2 Å². The van der Waals surface area contributed by atoms with Gasteiger partial charge in [-0.3, -0.25) is 28.3 Å². The normalized spacial score (nSPS) is 14.1. The highest BCUT2D eigenvalue weighted by Crippen LogP contribution is 2.50. The maximum absolute atomic E-state index is 15.6. The second-order valence-corrected chi connectivity index (χ2v) is 22.4. The standard InChI is InChI=1S/C64H76N6O4/c1-5-9-13-23-31-41(32-24-14-10-6-2)69-61(71)43-35-47-53-55-49(67-59(65-47)39-27-19-17-20-28-39)37-45-52-46(64(74)70(63(45)73)42(33-25-15-11-7-3)34-26-16-12-8-4)38-50-56(58(52)55)54-48(36-44(62(69)72)51(43)57(53)54)66-60(68-50)40-29-21-18-22-30-40/h17,19-20,27-28,35-38,40-42H,5-16,18,21-26,29-34H2,1-4H3,(H,65,67)(H,66,68). The van der Waals surface area contributed by atoms with Gasteiger partial charge >= 0.3 is 0 Å². The fraction of sp³-hybridized carbons (Fsp3) is 0.500. The summed E-state index contributed by atoms with van der Waals surface area (Å²) in [6.45, 7) is 8.85. The Labute approximate surface area is 433 Å². The summed E-state index contributed by atoms with van der Waals surface area (Å²) in [5.41, 5.74) is 2.62. The second-order valence-electron chi connectivity index (χ2n) is 22.4. The number of unbranched alkanes of at least 4 members (excludes halogenated alkanes) is 12. The number of nitrogens with one attached hydrogen (secondary N) is 2. The van der Waals surface area contributed by atoms with E-state index in [9.17, 15) is 0 Å². The molecule has 10 heteroatoms. The van der Waals surface area contributed by atoms with Crippen molar-refractivity contribution in [3.8, 4) is 11.4 Å². The van der Waals surface area contributed by atoms with Gasteiger partial charge in [0.2, 0.25) is 0 Å². The number of rotatable bonds is 24. The van der Waals surface area contributed by atoms with Crippen molar-refractivity contribution in [1.82, 2.24) is 29.1 Å². The van der Waals surface area contributed by atoms with Gasteiger partial charge in [-0.2, -0.15) is 0 Å². The second kappa shape index (κ2) is 21.6.